The molecule has 4 atom stereocenters. The summed E-state index contributed by atoms with van der Waals surface area (Å²) in [5.41, 5.74) is 0. The number of aliphatic hydroxyl groups excluding tert-OH is 4. The van der Waals surface area contributed by atoms with Gasteiger partial charge in [-0.15, -0.1) is 0 Å². The van der Waals surface area contributed by atoms with Crippen molar-refractivity contribution in [2.75, 3.05) is 6.61 Å². The summed E-state index contributed by atoms with van der Waals surface area (Å²) < 4.78 is 5.32. The van der Waals surface area contributed by atoms with Crippen LogP contribution in [0.5, 0.6) is 0 Å². The molecule has 0 bridgehead atoms. The summed E-state index contributed by atoms with van der Waals surface area (Å²) in [5, 5.41) is 37.9. The Bertz CT molecular complexity index is 209. The summed E-state index contributed by atoms with van der Waals surface area (Å²) >= 11 is 0. The van der Waals surface area contributed by atoms with Crippen molar-refractivity contribution in [2.45, 2.75) is 63.4 Å². The Morgan fingerprint density at radius 2 is 1.76 bits per heavy atom. The number of aliphatic hydroxyl groups is 4. The molecule has 1 aliphatic heterocycles. The van der Waals surface area contributed by atoms with Gasteiger partial charge in [0.25, 0.3) is 0 Å². The Morgan fingerprint density at radius 3 is 2.35 bits per heavy atom. The zero-order chi connectivity index (χ0) is 12.8. The molecule has 1 rings (SSSR count). The van der Waals surface area contributed by atoms with E-state index in [0.717, 1.165) is 25.7 Å². The van der Waals surface area contributed by atoms with Gasteiger partial charge >= 0.3 is 0 Å². The van der Waals surface area contributed by atoms with Gasteiger partial charge in [-0.25, -0.2) is 0 Å². The molecular formula is C12H23O5. The van der Waals surface area contributed by atoms with Crippen LogP contribution in [-0.4, -0.2) is 51.4 Å². The summed E-state index contributed by atoms with van der Waals surface area (Å²) in [6.07, 6.45) is 0.580. The first kappa shape index (κ1) is 14.9. The highest BCUT2D eigenvalue weighted by atomic mass is 16.5. The molecule has 17 heavy (non-hydrogen) atoms. The zero-order valence-electron chi connectivity index (χ0n) is 10.2. The third-order valence-corrected chi connectivity index (χ3v) is 3.14. The van der Waals surface area contributed by atoms with Crippen molar-refractivity contribution in [3.8, 4) is 0 Å². The minimum atomic E-state index is -1.28. The smallest absolute Gasteiger partial charge is 0.129 e. The summed E-state index contributed by atoms with van der Waals surface area (Å²) in [6, 6.07) is 0. The van der Waals surface area contributed by atoms with Crippen molar-refractivity contribution >= 4 is 0 Å². The van der Waals surface area contributed by atoms with Crippen molar-refractivity contribution in [2.24, 2.45) is 0 Å². The van der Waals surface area contributed by atoms with Crippen LogP contribution < -0.4 is 0 Å². The SMILES string of the molecule is CCCCCC[C]1O[C@H](CO)[C@@H](O)[C@H](O)[C@H]1O. The first-order valence-electron chi connectivity index (χ1n) is 6.29. The van der Waals surface area contributed by atoms with Gasteiger partial charge in [-0.1, -0.05) is 32.6 Å². The molecule has 0 aromatic rings. The lowest BCUT2D eigenvalue weighted by molar-refractivity contribution is -0.192. The van der Waals surface area contributed by atoms with Crippen molar-refractivity contribution in [3.05, 3.63) is 6.10 Å². The van der Waals surface area contributed by atoms with Crippen LogP contribution in [0.1, 0.15) is 39.0 Å². The lowest BCUT2D eigenvalue weighted by atomic mass is 9.92. The number of rotatable bonds is 6. The fourth-order valence-electron chi connectivity index (χ4n) is 2.01. The molecule has 1 saturated heterocycles. The fraction of sp³-hybridized carbons (Fsp3) is 0.917. The molecule has 0 aromatic carbocycles. The Morgan fingerprint density at radius 1 is 1.06 bits per heavy atom. The second-order valence-electron chi connectivity index (χ2n) is 4.54. The average molecular weight is 247 g/mol. The first-order valence-corrected chi connectivity index (χ1v) is 6.29. The molecule has 1 radical (unpaired) electrons. The van der Waals surface area contributed by atoms with Crippen LogP contribution in [0.15, 0.2) is 0 Å². The van der Waals surface area contributed by atoms with Gasteiger partial charge in [0.15, 0.2) is 0 Å². The topological polar surface area (TPSA) is 90.2 Å². The van der Waals surface area contributed by atoms with Gasteiger partial charge in [0.2, 0.25) is 0 Å². The van der Waals surface area contributed by atoms with E-state index in [2.05, 4.69) is 6.92 Å². The molecule has 0 aliphatic carbocycles. The molecule has 1 fully saturated rings. The van der Waals surface area contributed by atoms with Crippen LogP contribution in [-0.2, 0) is 4.74 Å². The van der Waals surface area contributed by atoms with Crippen LogP contribution in [0, 0.1) is 6.10 Å². The van der Waals surface area contributed by atoms with E-state index in [1.807, 2.05) is 0 Å². The van der Waals surface area contributed by atoms with Crippen LogP contribution >= 0.6 is 0 Å². The number of ether oxygens (including phenoxy) is 1. The molecule has 5 nitrogen and oxygen atoms in total. The van der Waals surface area contributed by atoms with Crippen molar-refractivity contribution in [1.29, 1.82) is 0 Å². The normalized spacial score (nSPS) is 35.1. The summed E-state index contributed by atoms with van der Waals surface area (Å²) in [7, 11) is 0. The molecule has 0 aromatic heterocycles. The molecule has 4 N–H and O–H groups in total. The average Bonchev–Trinajstić information content (AvgIpc) is 2.34. The van der Waals surface area contributed by atoms with Crippen LogP contribution in [0.3, 0.4) is 0 Å². The van der Waals surface area contributed by atoms with Gasteiger partial charge in [0.05, 0.1) is 6.61 Å². The van der Waals surface area contributed by atoms with Crippen LogP contribution in [0.25, 0.3) is 0 Å². The van der Waals surface area contributed by atoms with Gasteiger partial charge in [0, 0.05) is 0 Å². The summed E-state index contributed by atoms with van der Waals surface area (Å²) in [4.78, 5) is 0. The second-order valence-corrected chi connectivity index (χ2v) is 4.54. The number of unbranched alkanes of at least 4 members (excludes halogenated alkanes) is 3. The molecular weight excluding hydrogens is 224 g/mol. The lowest BCUT2D eigenvalue weighted by Gasteiger charge is -2.39. The predicted octanol–water partition coefficient (Wildman–Crippen LogP) is -0.0374. The van der Waals surface area contributed by atoms with E-state index < -0.39 is 24.4 Å². The maximum atomic E-state index is 9.72. The zero-order valence-corrected chi connectivity index (χ0v) is 10.2. The third-order valence-electron chi connectivity index (χ3n) is 3.14. The summed E-state index contributed by atoms with van der Waals surface area (Å²) in [5.74, 6) is 0. The quantitative estimate of drug-likeness (QED) is 0.495. The van der Waals surface area contributed by atoms with E-state index >= 15 is 0 Å². The highest BCUT2D eigenvalue weighted by Crippen LogP contribution is 2.29. The van der Waals surface area contributed by atoms with Gasteiger partial charge in [-0.2, -0.15) is 0 Å². The minimum Gasteiger partial charge on any atom is -0.394 e. The third kappa shape index (κ3) is 3.89. The van der Waals surface area contributed by atoms with Crippen molar-refractivity contribution in [3.63, 3.8) is 0 Å². The van der Waals surface area contributed by atoms with E-state index in [-0.39, 0.29) is 6.61 Å². The molecule has 0 unspecified atom stereocenters. The second kappa shape index (κ2) is 7.28. The first-order chi connectivity index (χ1) is 8.11. The molecule has 0 saturated carbocycles. The number of hydrogen-bond donors (Lipinski definition) is 4. The van der Waals surface area contributed by atoms with E-state index in [9.17, 15) is 15.3 Å². The van der Waals surface area contributed by atoms with Crippen LogP contribution in [0.2, 0.25) is 0 Å². The lowest BCUT2D eigenvalue weighted by Crippen LogP contribution is -2.55. The maximum absolute atomic E-state index is 9.72. The van der Waals surface area contributed by atoms with Crippen molar-refractivity contribution in [1.82, 2.24) is 0 Å². The van der Waals surface area contributed by atoms with E-state index in [4.69, 9.17) is 9.84 Å². The molecule has 101 valence electrons. The maximum Gasteiger partial charge on any atom is 0.129 e. The highest BCUT2D eigenvalue weighted by molar-refractivity contribution is 5.01. The molecule has 1 aliphatic rings. The van der Waals surface area contributed by atoms with Gasteiger partial charge in [-0.3, -0.25) is 0 Å². The van der Waals surface area contributed by atoms with E-state index in [1.165, 1.54) is 0 Å². The predicted molar refractivity (Wildman–Crippen MR) is 62.0 cm³/mol. The minimum absolute atomic E-state index is 0.372. The van der Waals surface area contributed by atoms with E-state index in [0.29, 0.717) is 12.5 Å². The fourth-order valence-corrected chi connectivity index (χ4v) is 2.01. The molecule has 0 amide bonds. The van der Waals surface area contributed by atoms with Gasteiger partial charge in [-0.05, 0) is 6.42 Å². The van der Waals surface area contributed by atoms with E-state index in [1.54, 1.807) is 0 Å². The molecule has 0 spiro atoms. The Balaban J connectivity index is 2.42. The Labute approximate surface area is 102 Å². The van der Waals surface area contributed by atoms with Crippen LogP contribution in [0.4, 0.5) is 0 Å². The Kier molecular flexibility index (Phi) is 6.37. The largest absolute Gasteiger partial charge is 0.394 e. The monoisotopic (exact) mass is 247 g/mol. The molecule has 1 heterocycles. The number of hydrogen-bond acceptors (Lipinski definition) is 5. The standard InChI is InChI=1S/C12H23O5/c1-2-3-4-5-6-8-10(14)12(16)11(15)9(7-13)17-8/h9-16H,2-7H2,1H3/t9-,10+,11-,12-/m1/s1. The highest BCUT2D eigenvalue weighted by Gasteiger charge is 2.43. The Hall–Kier alpha value is -0.200. The molecule has 5 heteroatoms. The van der Waals surface area contributed by atoms with Crippen molar-refractivity contribution < 1.29 is 25.2 Å². The summed E-state index contributed by atoms with van der Waals surface area (Å²) in [6.45, 7) is 1.74. The van der Waals surface area contributed by atoms with Gasteiger partial charge in [0.1, 0.15) is 30.5 Å². The van der Waals surface area contributed by atoms with Gasteiger partial charge < -0.3 is 25.2 Å².